The van der Waals surface area contributed by atoms with Crippen LogP contribution in [0, 0.1) is 0 Å². The maximum absolute atomic E-state index is 10.3. The lowest BCUT2D eigenvalue weighted by Crippen LogP contribution is -2.25. The normalized spacial score (nSPS) is 13.5. The van der Waals surface area contributed by atoms with Crippen molar-refractivity contribution < 1.29 is 29.5 Å². The first kappa shape index (κ1) is 18.6. The minimum Gasteiger partial charge on any atom is -0.504 e. The first-order valence-corrected chi connectivity index (χ1v) is 7.70. The Balaban J connectivity index is 2.19. The largest absolute Gasteiger partial charge is 0.504 e. The zero-order chi connectivity index (χ0) is 18.4. The summed E-state index contributed by atoms with van der Waals surface area (Å²) in [5.41, 5.74) is 1.26. The Labute approximate surface area is 146 Å². The summed E-state index contributed by atoms with van der Waals surface area (Å²) in [6.07, 6.45) is 0.928. The van der Waals surface area contributed by atoms with E-state index >= 15 is 0 Å². The molecule has 0 spiro atoms. The third-order valence-corrected chi connectivity index (χ3v) is 3.61. The van der Waals surface area contributed by atoms with Gasteiger partial charge in [-0.3, -0.25) is 0 Å². The van der Waals surface area contributed by atoms with E-state index in [1.54, 1.807) is 18.2 Å². The van der Waals surface area contributed by atoms with Crippen molar-refractivity contribution in [1.29, 1.82) is 0 Å². The van der Waals surface area contributed by atoms with Crippen molar-refractivity contribution in [1.82, 2.24) is 0 Å². The first-order chi connectivity index (χ1) is 12.0. The van der Waals surface area contributed by atoms with Crippen molar-refractivity contribution in [3.63, 3.8) is 0 Å². The van der Waals surface area contributed by atoms with Gasteiger partial charge in [0.2, 0.25) is 6.29 Å². The van der Waals surface area contributed by atoms with Gasteiger partial charge in [-0.25, -0.2) is 0 Å². The molecule has 3 N–H and O–H groups in total. The van der Waals surface area contributed by atoms with Crippen LogP contribution in [0.1, 0.15) is 24.2 Å². The van der Waals surface area contributed by atoms with Crippen LogP contribution < -0.4 is 14.2 Å². The lowest BCUT2D eigenvalue weighted by Gasteiger charge is -2.21. The van der Waals surface area contributed by atoms with Gasteiger partial charge >= 0.3 is 0 Å². The molecule has 134 valence electrons. The topological polar surface area (TPSA) is 88.4 Å². The van der Waals surface area contributed by atoms with E-state index in [1.165, 1.54) is 32.4 Å². The van der Waals surface area contributed by atoms with Crippen LogP contribution in [0.15, 0.2) is 42.5 Å². The number of hydrogen-bond acceptors (Lipinski definition) is 6. The van der Waals surface area contributed by atoms with E-state index in [9.17, 15) is 15.3 Å². The minimum atomic E-state index is -1.53. The molecular weight excluding hydrogens is 324 g/mol. The summed E-state index contributed by atoms with van der Waals surface area (Å²) in [6, 6.07) is 9.50. The number of aromatic hydroxyl groups is 1. The molecule has 0 aromatic heterocycles. The number of methoxy groups -OCH3 is 2. The molecule has 0 fully saturated rings. The van der Waals surface area contributed by atoms with Gasteiger partial charge in [0, 0.05) is 0 Å². The van der Waals surface area contributed by atoms with Gasteiger partial charge in [-0.1, -0.05) is 24.3 Å². The molecule has 0 saturated carbocycles. The lowest BCUT2D eigenvalue weighted by molar-refractivity contribution is -0.106. The van der Waals surface area contributed by atoms with Crippen molar-refractivity contribution in [2.45, 2.75) is 19.3 Å². The van der Waals surface area contributed by atoms with Crippen LogP contribution in [0.5, 0.6) is 23.0 Å². The Morgan fingerprint density at radius 1 is 0.920 bits per heavy atom. The van der Waals surface area contributed by atoms with E-state index in [1.807, 2.05) is 19.1 Å². The summed E-state index contributed by atoms with van der Waals surface area (Å²) in [5.74, 6) is 0.866. The average molecular weight is 346 g/mol. The van der Waals surface area contributed by atoms with Gasteiger partial charge in [0.1, 0.15) is 6.10 Å². The molecule has 0 aliphatic heterocycles. The molecule has 0 radical (unpaired) electrons. The Hall–Kier alpha value is -2.70. The maximum atomic E-state index is 10.3. The smallest absolute Gasteiger partial charge is 0.228 e. The summed E-state index contributed by atoms with van der Waals surface area (Å²) in [7, 11) is 2.89. The van der Waals surface area contributed by atoms with Crippen molar-refractivity contribution in [3.8, 4) is 23.0 Å². The zero-order valence-electron chi connectivity index (χ0n) is 14.3. The molecule has 0 unspecified atom stereocenters. The van der Waals surface area contributed by atoms with E-state index in [2.05, 4.69) is 0 Å². The van der Waals surface area contributed by atoms with E-state index in [0.717, 1.165) is 5.56 Å². The molecular formula is C19H22O6. The standard InChI is InChI=1S/C19H22O6/c1-4-5-12-6-9-15(17(10-12)24-3)25-19(22)18(21)13-7-8-14(20)16(11-13)23-2/h4-11,18-22H,1-3H3/t18-,19-/m0/s1. The molecule has 6 heteroatoms. The number of aliphatic hydroxyl groups excluding tert-OH is 2. The third kappa shape index (κ3) is 4.43. The molecule has 2 rings (SSSR count). The van der Waals surface area contributed by atoms with Crippen LogP contribution in [-0.4, -0.2) is 35.8 Å². The fraction of sp³-hybridized carbons (Fsp3) is 0.263. The van der Waals surface area contributed by atoms with Gasteiger partial charge in [0.25, 0.3) is 0 Å². The van der Waals surface area contributed by atoms with E-state index in [4.69, 9.17) is 14.2 Å². The highest BCUT2D eigenvalue weighted by molar-refractivity contribution is 5.55. The van der Waals surface area contributed by atoms with Gasteiger partial charge in [-0.2, -0.15) is 0 Å². The molecule has 6 nitrogen and oxygen atoms in total. The number of benzene rings is 2. The Morgan fingerprint density at radius 2 is 1.64 bits per heavy atom. The van der Waals surface area contributed by atoms with Crippen LogP contribution in [-0.2, 0) is 0 Å². The Bertz CT molecular complexity index is 741. The molecule has 2 aromatic rings. The lowest BCUT2D eigenvalue weighted by atomic mass is 10.1. The van der Waals surface area contributed by atoms with Crippen molar-refractivity contribution in [2.75, 3.05) is 14.2 Å². The van der Waals surface area contributed by atoms with Crippen molar-refractivity contribution in [2.24, 2.45) is 0 Å². The monoisotopic (exact) mass is 346 g/mol. The van der Waals surface area contributed by atoms with Gasteiger partial charge < -0.3 is 29.5 Å². The van der Waals surface area contributed by atoms with E-state index in [-0.39, 0.29) is 11.5 Å². The summed E-state index contributed by atoms with van der Waals surface area (Å²) >= 11 is 0. The highest BCUT2D eigenvalue weighted by Crippen LogP contribution is 2.33. The highest BCUT2D eigenvalue weighted by atomic mass is 16.6. The molecule has 25 heavy (non-hydrogen) atoms. The quantitative estimate of drug-likeness (QED) is 0.668. The van der Waals surface area contributed by atoms with Gasteiger partial charge in [-0.15, -0.1) is 0 Å². The molecule has 0 bridgehead atoms. The summed E-state index contributed by atoms with van der Waals surface area (Å²) in [5, 5.41) is 30.1. The third-order valence-electron chi connectivity index (χ3n) is 3.61. The summed E-state index contributed by atoms with van der Waals surface area (Å²) in [4.78, 5) is 0. The maximum Gasteiger partial charge on any atom is 0.228 e. The molecule has 0 amide bonds. The van der Waals surface area contributed by atoms with Gasteiger partial charge in [-0.05, 0) is 42.3 Å². The number of allylic oxidation sites excluding steroid dienone is 1. The second kappa shape index (κ2) is 8.41. The number of phenolic OH excluding ortho intramolecular Hbond substituents is 1. The van der Waals surface area contributed by atoms with Crippen LogP contribution >= 0.6 is 0 Å². The fourth-order valence-electron chi connectivity index (χ4n) is 2.32. The van der Waals surface area contributed by atoms with E-state index < -0.39 is 12.4 Å². The fourth-order valence-corrected chi connectivity index (χ4v) is 2.32. The van der Waals surface area contributed by atoms with Crippen molar-refractivity contribution >= 4 is 6.08 Å². The minimum absolute atomic E-state index is 0.0601. The first-order valence-electron chi connectivity index (χ1n) is 7.70. The molecule has 0 heterocycles. The predicted molar refractivity (Wildman–Crippen MR) is 94.0 cm³/mol. The second-order valence-electron chi connectivity index (χ2n) is 5.29. The van der Waals surface area contributed by atoms with E-state index in [0.29, 0.717) is 17.1 Å². The SMILES string of the molecule is CC=Cc1ccc(O[C@H](O)[C@@H](O)c2ccc(O)c(OC)c2)c(OC)c1. The number of hydrogen-bond donors (Lipinski definition) is 3. The molecule has 0 saturated heterocycles. The van der Waals surface area contributed by atoms with Crippen LogP contribution in [0.3, 0.4) is 0 Å². The predicted octanol–water partition coefficient (Wildman–Crippen LogP) is 2.87. The number of rotatable bonds is 7. The summed E-state index contributed by atoms with van der Waals surface area (Å²) in [6.45, 7) is 1.91. The summed E-state index contributed by atoms with van der Waals surface area (Å²) < 4.78 is 15.7. The highest BCUT2D eigenvalue weighted by Gasteiger charge is 2.23. The van der Waals surface area contributed by atoms with Gasteiger partial charge in [0.15, 0.2) is 23.0 Å². The number of aliphatic hydroxyl groups is 2. The number of ether oxygens (including phenoxy) is 3. The molecule has 2 aromatic carbocycles. The molecule has 0 aliphatic rings. The van der Waals surface area contributed by atoms with Gasteiger partial charge in [0.05, 0.1) is 14.2 Å². The second-order valence-corrected chi connectivity index (χ2v) is 5.29. The molecule has 0 aliphatic carbocycles. The zero-order valence-corrected chi connectivity index (χ0v) is 14.3. The van der Waals surface area contributed by atoms with Crippen LogP contribution in [0.25, 0.3) is 6.08 Å². The Morgan fingerprint density at radius 3 is 2.28 bits per heavy atom. The van der Waals surface area contributed by atoms with Crippen molar-refractivity contribution in [3.05, 3.63) is 53.6 Å². The van der Waals surface area contributed by atoms with Crippen LogP contribution in [0.4, 0.5) is 0 Å². The molecule has 2 atom stereocenters. The Kier molecular flexibility index (Phi) is 6.27. The number of phenols is 1. The van der Waals surface area contributed by atoms with Crippen LogP contribution in [0.2, 0.25) is 0 Å². The average Bonchev–Trinajstić information content (AvgIpc) is 2.62.